The summed E-state index contributed by atoms with van der Waals surface area (Å²) in [5, 5.41) is 7.10. The number of nitrogens with one attached hydrogen (secondary N) is 2. The Hall–Kier alpha value is -2.32. The van der Waals surface area contributed by atoms with Crippen LogP contribution in [0.4, 0.5) is 13.2 Å². The molecule has 1 aromatic carbocycles. The van der Waals surface area contributed by atoms with Crippen molar-refractivity contribution >= 4 is 17.6 Å². The molecule has 0 amide bonds. The Bertz CT molecular complexity index is 822. The zero-order chi connectivity index (χ0) is 20.9. The number of halogens is 4. The third kappa shape index (κ3) is 6.33. The van der Waals surface area contributed by atoms with Gasteiger partial charge in [-0.05, 0) is 35.7 Å². The van der Waals surface area contributed by atoms with Crippen molar-refractivity contribution in [2.45, 2.75) is 31.7 Å². The molecule has 0 bridgehead atoms. The van der Waals surface area contributed by atoms with E-state index in [4.69, 9.17) is 11.6 Å². The Labute approximate surface area is 173 Å². The zero-order valence-corrected chi connectivity index (χ0v) is 16.8. The van der Waals surface area contributed by atoms with E-state index in [1.54, 1.807) is 31.4 Å². The van der Waals surface area contributed by atoms with Gasteiger partial charge in [0.05, 0.1) is 5.56 Å². The lowest BCUT2D eigenvalue weighted by atomic mass is 10.1. The molecule has 2 heterocycles. The summed E-state index contributed by atoms with van der Waals surface area (Å²) in [7, 11) is 1.71. The second-order valence-electron chi connectivity index (χ2n) is 6.97. The molecule has 1 atom stereocenters. The highest BCUT2D eigenvalue weighted by molar-refractivity contribution is 6.29. The molecule has 1 aromatic heterocycles. The van der Waals surface area contributed by atoms with Crippen molar-refractivity contribution < 1.29 is 13.2 Å². The van der Waals surface area contributed by atoms with Gasteiger partial charge in [-0.1, -0.05) is 29.8 Å². The molecule has 5 nitrogen and oxygen atoms in total. The molecule has 0 aliphatic carbocycles. The molecule has 2 aromatic rings. The second kappa shape index (κ2) is 9.45. The van der Waals surface area contributed by atoms with Gasteiger partial charge in [0.1, 0.15) is 5.15 Å². The second-order valence-corrected chi connectivity index (χ2v) is 7.36. The molecule has 3 rings (SSSR count). The topological polar surface area (TPSA) is 52.6 Å². The summed E-state index contributed by atoms with van der Waals surface area (Å²) in [6.07, 6.45) is -1.65. The van der Waals surface area contributed by atoms with Crippen molar-refractivity contribution in [3.8, 4) is 0 Å². The Morgan fingerprint density at radius 3 is 2.55 bits per heavy atom. The molecule has 1 unspecified atom stereocenters. The minimum Gasteiger partial charge on any atom is -0.352 e. The minimum atomic E-state index is -4.30. The van der Waals surface area contributed by atoms with Gasteiger partial charge in [0.2, 0.25) is 0 Å². The normalized spacial score (nSPS) is 18.1. The van der Waals surface area contributed by atoms with E-state index in [9.17, 15) is 13.2 Å². The van der Waals surface area contributed by atoms with Crippen molar-refractivity contribution in [1.82, 2.24) is 20.5 Å². The molecule has 1 aliphatic rings. The number of rotatable bonds is 5. The van der Waals surface area contributed by atoms with Gasteiger partial charge >= 0.3 is 6.18 Å². The van der Waals surface area contributed by atoms with E-state index in [0.29, 0.717) is 24.2 Å². The fourth-order valence-corrected chi connectivity index (χ4v) is 3.35. The largest absolute Gasteiger partial charge is 0.416 e. The average Bonchev–Trinajstić information content (AvgIpc) is 3.13. The zero-order valence-electron chi connectivity index (χ0n) is 16.0. The molecular weight excluding hydrogens is 403 g/mol. The van der Waals surface area contributed by atoms with E-state index < -0.39 is 11.7 Å². The number of nitrogens with zero attached hydrogens (tertiary/aromatic N) is 3. The molecule has 1 saturated heterocycles. The van der Waals surface area contributed by atoms with Gasteiger partial charge in [0.15, 0.2) is 5.96 Å². The third-order valence-electron chi connectivity index (χ3n) is 4.77. The van der Waals surface area contributed by atoms with Crippen LogP contribution in [0, 0.1) is 0 Å². The number of aliphatic imine (C=N–C) groups is 1. The Kier molecular flexibility index (Phi) is 6.97. The Morgan fingerprint density at radius 2 is 1.93 bits per heavy atom. The molecule has 2 N–H and O–H groups in total. The smallest absolute Gasteiger partial charge is 0.352 e. The summed E-state index contributed by atoms with van der Waals surface area (Å²) in [6, 6.07) is 9.23. The number of likely N-dealkylation sites (tertiary alicyclic amines) is 1. The molecular formula is C20H23ClF3N5. The van der Waals surface area contributed by atoms with Crippen LogP contribution < -0.4 is 10.6 Å². The maximum absolute atomic E-state index is 12.7. The molecule has 1 fully saturated rings. The first-order chi connectivity index (χ1) is 13.8. The highest BCUT2D eigenvalue weighted by Gasteiger charge is 2.30. The number of aromatic nitrogens is 1. The predicted octanol–water partition coefficient (Wildman–Crippen LogP) is 3.69. The van der Waals surface area contributed by atoms with Crippen LogP contribution in [0.3, 0.4) is 0 Å². The minimum absolute atomic E-state index is 0.221. The average molecular weight is 426 g/mol. The SMILES string of the molecule is CN=C(NCc1ccc(Cl)nc1)NC1CCN(Cc2ccc(C(F)(F)F)cc2)C1. The van der Waals surface area contributed by atoms with Crippen LogP contribution in [0.1, 0.15) is 23.1 Å². The summed E-state index contributed by atoms with van der Waals surface area (Å²) in [5.74, 6) is 0.696. The van der Waals surface area contributed by atoms with E-state index in [-0.39, 0.29) is 6.04 Å². The van der Waals surface area contributed by atoms with Crippen molar-refractivity contribution in [2.75, 3.05) is 20.1 Å². The van der Waals surface area contributed by atoms with Gasteiger partial charge < -0.3 is 10.6 Å². The molecule has 9 heteroatoms. The lowest BCUT2D eigenvalue weighted by molar-refractivity contribution is -0.137. The highest BCUT2D eigenvalue weighted by Crippen LogP contribution is 2.29. The summed E-state index contributed by atoms with van der Waals surface area (Å²) >= 11 is 5.79. The van der Waals surface area contributed by atoms with E-state index >= 15 is 0 Å². The summed E-state index contributed by atoms with van der Waals surface area (Å²) < 4.78 is 38.0. The van der Waals surface area contributed by atoms with Gasteiger partial charge in [-0.2, -0.15) is 13.2 Å². The molecule has 0 spiro atoms. The quantitative estimate of drug-likeness (QED) is 0.436. The number of hydrogen-bond acceptors (Lipinski definition) is 3. The molecule has 0 saturated carbocycles. The van der Waals surface area contributed by atoms with Crippen molar-refractivity contribution in [3.63, 3.8) is 0 Å². The number of guanidine groups is 1. The number of benzene rings is 1. The molecule has 29 heavy (non-hydrogen) atoms. The van der Waals surface area contributed by atoms with Crippen LogP contribution >= 0.6 is 11.6 Å². The van der Waals surface area contributed by atoms with Crippen LogP contribution in [0.5, 0.6) is 0 Å². The first-order valence-electron chi connectivity index (χ1n) is 9.29. The van der Waals surface area contributed by atoms with Gasteiger partial charge in [-0.3, -0.25) is 9.89 Å². The summed E-state index contributed by atoms with van der Waals surface area (Å²) in [6.45, 7) is 2.87. The van der Waals surface area contributed by atoms with Crippen LogP contribution in [-0.4, -0.2) is 42.0 Å². The fourth-order valence-electron chi connectivity index (χ4n) is 3.24. The maximum Gasteiger partial charge on any atom is 0.416 e. The molecule has 1 aliphatic heterocycles. The number of alkyl halides is 3. The first-order valence-corrected chi connectivity index (χ1v) is 9.67. The van der Waals surface area contributed by atoms with Gasteiger partial charge in [0.25, 0.3) is 0 Å². The van der Waals surface area contributed by atoms with Crippen molar-refractivity contribution in [1.29, 1.82) is 0 Å². The maximum atomic E-state index is 12.7. The van der Waals surface area contributed by atoms with Crippen molar-refractivity contribution in [3.05, 3.63) is 64.4 Å². The van der Waals surface area contributed by atoms with Crippen LogP contribution in [0.2, 0.25) is 5.15 Å². The fraction of sp³-hybridized carbons (Fsp3) is 0.400. The number of hydrogen-bond donors (Lipinski definition) is 2. The van der Waals surface area contributed by atoms with Crippen LogP contribution in [0.25, 0.3) is 0 Å². The Morgan fingerprint density at radius 1 is 1.21 bits per heavy atom. The standard InChI is InChI=1S/C20H23ClF3N5/c1-25-19(27-11-15-4-7-18(21)26-10-15)28-17-8-9-29(13-17)12-14-2-5-16(6-3-14)20(22,23)24/h2-7,10,17H,8-9,11-13H2,1H3,(H2,25,27,28). The van der Waals surface area contributed by atoms with E-state index in [1.807, 2.05) is 6.07 Å². The number of pyridine rings is 1. The van der Waals surface area contributed by atoms with Crippen molar-refractivity contribution in [2.24, 2.45) is 4.99 Å². The summed E-state index contributed by atoms with van der Waals surface area (Å²) in [4.78, 5) is 10.5. The lowest BCUT2D eigenvalue weighted by Gasteiger charge is -2.19. The van der Waals surface area contributed by atoms with Crippen LogP contribution in [-0.2, 0) is 19.3 Å². The lowest BCUT2D eigenvalue weighted by Crippen LogP contribution is -2.44. The van der Waals surface area contributed by atoms with E-state index in [0.717, 1.165) is 42.8 Å². The summed E-state index contributed by atoms with van der Waals surface area (Å²) in [5.41, 5.74) is 1.25. The Balaban J connectivity index is 1.46. The first kappa shape index (κ1) is 21.4. The predicted molar refractivity (Wildman–Crippen MR) is 108 cm³/mol. The van der Waals surface area contributed by atoms with Gasteiger partial charge in [0, 0.05) is 45.5 Å². The third-order valence-corrected chi connectivity index (χ3v) is 5.00. The molecule has 156 valence electrons. The molecule has 0 radical (unpaired) electrons. The highest BCUT2D eigenvalue weighted by atomic mass is 35.5. The monoisotopic (exact) mass is 425 g/mol. The van der Waals surface area contributed by atoms with Crippen LogP contribution in [0.15, 0.2) is 47.6 Å². The van der Waals surface area contributed by atoms with Gasteiger partial charge in [-0.25, -0.2) is 4.98 Å². The van der Waals surface area contributed by atoms with E-state index in [1.165, 1.54) is 0 Å². The van der Waals surface area contributed by atoms with E-state index in [2.05, 4.69) is 25.5 Å². The van der Waals surface area contributed by atoms with Gasteiger partial charge in [-0.15, -0.1) is 0 Å².